The van der Waals surface area contributed by atoms with Crippen LogP contribution in [0, 0.1) is 11.7 Å². The van der Waals surface area contributed by atoms with Crippen LogP contribution in [0.4, 0.5) is 4.39 Å². The molecule has 6 heteroatoms. The third-order valence-electron chi connectivity index (χ3n) is 6.21. The molecule has 0 aromatic heterocycles. The molecule has 2 N–H and O–H groups in total. The summed E-state index contributed by atoms with van der Waals surface area (Å²) in [5.41, 5.74) is 3.26. The number of carbonyl (C=O) groups is 1. The number of hydrogen-bond donors (Lipinski definition) is 2. The third-order valence-corrected chi connectivity index (χ3v) is 6.21. The number of aliphatic carboxylic acids is 1. The molecule has 2 aromatic carbocycles. The highest BCUT2D eigenvalue weighted by molar-refractivity contribution is 5.70. The molecule has 1 spiro atoms. The second-order valence-corrected chi connectivity index (χ2v) is 8.10. The minimum atomic E-state index is -0.816. The number of aliphatic hydroxyl groups is 1. The lowest BCUT2D eigenvalue weighted by Crippen LogP contribution is -2.45. The molecule has 2 aromatic rings. The van der Waals surface area contributed by atoms with Gasteiger partial charge in [-0.25, -0.2) is 4.39 Å². The van der Waals surface area contributed by atoms with Gasteiger partial charge >= 0.3 is 5.97 Å². The molecule has 0 saturated carbocycles. The van der Waals surface area contributed by atoms with Crippen LogP contribution in [-0.4, -0.2) is 40.7 Å². The Bertz CT molecular complexity index is 892. The van der Waals surface area contributed by atoms with E-state index < -0.39 is 17.5 Å². The molecule has 2 aliphatic rings. The molecule has 1 unspecified atom stereocenters. The highest BCUT2D eigenvalue weighted by Gasteiger charge is 2.43. The molecule has 154 valence electrons. The van der Waals surface area contributed by atoms with Crippen LogP contribution in [0.3, 0.4) is 0 Å². The predicted molar refractivity (Wildman–Crippen MR) is 106 cm³/mol. The Morgan fingerprint density at radius 1 is 1.17 bits per heavy atom. The van der Waals surface area contributed by atoms with Crippen molar-refractivity contribution in [3.63, 3.8) is 0 Å². The first-order chi connectivity index (χ1) is 14.0. The zero-order chi connectivity index (χ0) is 20.4. The first kappa shape index (κ1) is 20.0. The van der Waals surface area contributed by atoms with Crippen molar-refractivity contribution in [1.29, 1.82) is 0 Å². The van der Waals surface area contributed by atoms with Gasteiger partial charge in [0.05, 0.1) is 24.7 Å². The van der Waals surface area contributed by atoms with Crippen molar-refractivity contribution in [3.8, 4) is 0 Å². The maximum absolute atomic E-state index is 13.8. The number of benzene rings is 2. The number of likely N-dealkylation sites (tertiary alicyclic amines) is 1. The van der Waals surface area contributed by atoms with E-state index in [1.165, 1.54) is 6.07 Å². The molecular formula is C23H26FNO4. The van der Waals surface area contributed by atoms with Crippen molar-refractivity contribution in [3.05, 3.63) is 70.5 Å². The van der Waals surface area contributed by atoms with E-state index in [-0.39, 0.29) is 12.4 Å². The summed E-state index contributed by atoms with van der Waals surface area (Å²) in [5.74, 6) is -1.58. The van der Waals surface area contributed by atoms with Gasteiger partial charge in [-0.3, -0.25) is 4.79 Å². The summed E-state index contributed by atoms with van der Waals surface area (Å²) in [6.07, 6.45) is 1.89. The second kappa shape index (κ2) is 8.22. The van der Waals surface area contributed by atoms with Crippen LogP contribution in [0.1, 0.15) is 35.1 Å². The fourth-order valence-electron chi connectivity index (χ4n) is 4.58. The van der Waals surface area contributed by atoms with E-state index in [1.54, 1.807) is 12.1 Å². The van der Waals surface area contributed by atoms with E-state index in [2.05, 4.69) is 4.90 Å². The van der Waals surface area contributed by atoms with E-state index in [0.29, 0.717) is 19.6 Å². The maximum atomic E-state index is 13.8. The SMILES string of the molecule is O=C(O)C(Cc1cccc(CO)c1)CN1CCC2(CC1)OCc1ccc(F)cc12. The van der Waals surface area contributed by atoms with E-state index >= 15 is 0 Å². The van der Waals surface area contributed by atoms with Gasteiger partial charge < -0.3 is 19.8 Å². The van der Waals surface area contributed by atoms with Crippen LogP contribution in [-0.2, 0) is 34.8 Å². The summed E-state index contributed by atoms with van der Waals surface area (Å²) in [6.45, 7) is 2.36. The van der Waals surface area contributed by atoms with Gasteiger partial charge in [0.1, 0.15) is 5.82 Å². The molecular weight excluding hydrogens is 373 g/mol. The maximum Gasteiger partial charge on any atom is 0.308 e. The number of carboxylic acid groups (broad SMARTS) is 1. The average Bonchev–Trinajstić information content (AvgIpc) is 3.06. The van der Waals surface area contributed by atoms with Gasteiger partial charge in [0.15, 0.2) is 0 Å². The number of fused-ring (bicyclic) bond motifs is 2. The monoisotopic (exact) mass is 399 g/mol. The van der Waals surface area contributed by atoms with Crippen LogP contribution in [0.2, 0.25) is 0 Å². The molecule has 5 nitrogen and oxygen atoms in total. The number of nitrogens with zero attached hydrogens (tertiary/aromatic N) is 1. The lowest BCUT2D eigenvalue weighted by Gasteiger charge is -2.40. The summed E-state index contributed by atoms with van der Waals surface area (Å²) >= 11 is 0. The smallest absolute Gasteiger partial charge is 0.308 e. The number of piperidine rings is 1. The van der Waals surface area contributed by atoms with Crippen molar-refractivity contribution >= 4 is 5.97 Å². The van der Waals surface area contributed by atoms with E-state index in [1.807, 2.05) is 24.3 Å². The van der Waals surface area contributed by atoms with Gasteiger partial charge in [0.25, 0.3) is 0 Å². The van der Waals surface area contributed by atoms with Crippen molar-refractivity contribution < 1.29 is 24.1 Å². The van der Waals surface area contributed by atoms with Gasteiger partial charge in [0.2, 0.25) is 0 Å². The Labute approximate surface area is 169 Å². The molecule has 0 bridgehead atoms. The van der Waals surface area contributed by atoms with Crippen molar-refractivity contribution in [2.24, 2.45) is 5.92 Å². The van der Waals surface area contributed by atoms with Gasteiger partial charge in [0, 0.05) is 19.6 Å². The zero-order valence-electron chi connectivity index (χ0n) is 16.3. The summed E-state index contributed by atoms with van der Waals surface area (Å²) in [6, 6.07) is 12.3. The Balaban J connectivity index is 1.40. The molecule has 29 heavy (non-hydrogen) atoms. The molecule has 1 fully saturated rings. The Hall–Kier alpha value is -2.28. The molecule has 0 aliphatic carbocycles. The van der Waals surface area contributed by atoms with Gasteiger partial charge in [-0.05, 0) is 53.6 Å². The van der Waals surface area contributed by atoms with Gasteiger partial charge in [-0.2, -0.15) is 0 Å². The summed E-state index contributed by atoms with van der Waals surface area (Å²) < 4.78 is 19.8. The fourth-order valence-corrected chi connectivity index (χ4v) is 4.58. The number of carboxylic acids is 1. The normalized spacial score (nSPS) is 19.2. The zero-order valence-corrected chi connectivity index (χ0v) is 16.3. The summed E-state index contributed by atoms with van der Waals surface area (Å²) in [4.78, 5) is 14.0. The number of aliphatic hydroxyl groups excluding tert-OH is 1. The lowest BCUT2D eigenvalue weighted by atomic mass is 9.83. The topological polar surface area (TPSA) is 70.0 Å². The van der Waals surface area contributed by atoms with Crippen molar-refractivity contribution in [2.75, 3.05) is 19.6 Å². The second-order valence-electron chi connectivity index (χ2n) is 8.10. The third kappa shape index (κ3) is 4.20. The van der Waals surface area contributed by atoms with E-state index in [9.17, 15) is 19.4 Å². The van der Waals surface area contributed by atoms with Crippen LogP contribution in [0.15, 0.2) is 42.5 Å². The van der Waals surface area contributed by atoms with Crippen LogP contribution < -0.4 is 0 Å². The molecule has 0 radical (unpaired) electrons. The van der Waals surface area contributed by atoms with Gasteiger partial charge in [-0.15, -0.1) is 0 Å². The molecule has 1 saturated heterocycles. The fraction of sp³-hybridized carbons (Fsp3) is 0.435. The number of hydrogen-bond acceptors (Lipinski definition) is 4. The first-order valence-electron chi connectivity index (χ1n) is 10.1. The van der Waals surface area contributed by atoms with E-state index in [0.717, 1.165) is 48.2 Å². The molecule has 4 rings (SSSR count). The van der Waals surface area contributed by atoms with Gasteiger partial charge in [-0.1, -0.05) is 30.3 Å². The molecule has 2 heterocycles. The highest BCUT2D eigenvalue weighted by Crippen LogP contribution is 2.44. The molecule has 0 amide bonds. The minimum Gasteiger partial charge on any atom is -0.481 e. The molecule has 1 atom stereocenters. The quantitative estimate of drug-likeness (QED) is 0.781. The standard InChI is InChI=1S/C23H26FNO4/c24-20-5-4-18-15-29-23(21(18)12-20)6-8-25(9-7-23)13-19(22(27)28)11-16-2-1-3-17(10-16)14-26/h1-5,10,12,19,26H,6-9,11,13-15H2,(H,27,28). The minimum absolute atomic E-state index is 0.0537. The van der Waals surface area contributed by atoms with E-state index in [4.69, 9.17) is 4.74 Å². The number of rotatable bonds is 6. The van der Waals surface area contributed by atoms with Crippen LogP contribution >= 0.6 is 0 Å². The Morgan fingerprint density at radius 2 is 1.93 bits per heavy atom. The van der Waals surface area contributed by atoms with Crippen molar-refractivity contribution in [2.45, 2.75) is 38.1 Å². The largest absolute Gasteiger partial charge is 0.481 e. The lowest BCUT2D eigenvalue weighted by molar-refractivity contribution is -0.143. The highest BCUT2D eigenvalue weighted by atomic mass is 19.1. The number of halogens is 1. The summed E-state index contributed by atoms with van der Waals surface area (Å²) in [7, 11) is 0. The van der Waals surface area contributed by atoms with Crippen LogP contribution in [0.5, 0.6) is 0 Å². The van der Waals surface area contributed by atoms with Crippen molar-refractivity contribution in [1.82, 2.24) is 4.90 Å². The number of ether oxygens (including phenoxy) is 1. The Kier molecular flexibility index (Phi) is 5.67. The first-order valence-corrected chi connectivity index (χ1v) is 10.1. The average molecular weight is 399 g/mol. The summed E-state index contributed by atoms with van der Waals surface area (Å²) in [5, 5.41) is 19.0. The molecule has 2 aliphatic heterocycles. The van der Waals surface area contributed by atoms with Crippen LogP contribution in [0.25, 0.3) is 0 Å². The predicted octanol–water partition coefficient (Wildman–Crippen LogP) is 3.08. The Morgan fingerprint density at radius 3 is 2.66 bits per heavy atom.